The zero-order valence-corrected chi connectivity index (χ0v) is 18.6. The van der Waals surface area contributed by atoms with Gasteiger partial charge in [-0.1, -0.05) is 24.3 Å². The molecule has 0 bridgehead atoms. The monoisotopic (exact) mass is 439 g/mol. The molecule has 0 saturated carbocycles. The number of carbonyl (C=O) groups excluding carboxylic acids is 1. The molecule has 2 aromatic carbocycles. The molecule has 5 rings (SSSR count). The summed E-state index contributed by atoms with van der Waals surface area (Å²) >= 11 is 0. The first kappa shape index (κ1) is 21.6. The number of H-pyrrole nitrogens is 1. The Bertz CT molecular complexity index is 1170. The summed E-state index contributed by atoms with van der Waals surface area (Å²) < 4.78 is 13.7. The molecule has 2 aliphatic rings. The first-order valence-corrected chi connectivity index (χ1v) is 10.5. The van der Waals surface area contributed by atoms with Gasteiger partial charge in [-0.15, -0.1) is 12.4 Å². The molecule has 0 aliphatic carbocycles. The Balaban J connectivity index is 0.00000231. The van der Waals surface area contributed by atoms with Gasteiger partial charge in [0.2, 0.25) is 5.91 Å². The third-order valence-corrected chi connectivity index (χ3v) is 6.57. The Morgan fingerprint density at radius 3 is 2.71 bits per heavy atom. The Kier molecular flexibility index (Phi) is 5.67. The van der Waals surface area contributed by atoms with Crippen LogP contribution in [0.25, 0.3) is 16.5 Å². The molecule has 0 saturated heterocycles. The van der Waals surface area contributed by atoms with Gasteiger partial charge in [0.15, 0.2) is 0 Å². The molecular weight excluding hydrogens is 413 g/mol. The van der Waals surface area contributed by atoms with Crippen molar-refractivity contribution in [2.45, 2.75) is 25.7 Å². The highest BCUT2D eigenvalue weighted by molar-refractivity contribution is 6.07. The van der Waals surface area contributed by atoms with Crippen LogP contribution in [0, 0.1) is 5.82 Å². The molecule has 1 amide bonds. The molecule has 162 valence electrons. The molecule has 3 aromatic rings. The lowest BCUT2D eigenvalue weighted by Crippen LogP contribution is -2.42. The second-order valence-corrected chi connectivity index (χ2v) is 8.77. The van der Waals surface area contributed by atoms with Gasteiger partial charge in [-0.25, -0.2) is 4.39 Å². The van der Waals surface area contributed by atoms with E-state index in [9.17, 15) is 9.18 Å². The van der Waals surface area contributed by atoms with Crippen molar-refractivity contribution in [3.63, 3.8) is 0 Å². The molecule has 1 N–H and O–H groups in total. The molecule has 0 spiro atoms. The summed E-state index contributed by atoms with van der Waals surface area (Å²) in [6, 6.07) is 13.0. The van der Waals surface area contributed by atoms with Crippen molar-refractivity contribution < 1.29 is 9.18 Å². The summed E-state index contributed by atoms with van der Waals surface area (Å²) in [4.78, 5) is 20.5. The maximum atomic E-state index is 13.7. The summed E-state index contributed by atoms with van der Waals surface area (Å²) in [5.74, 6) is -0.0300. The first-order chi connectivity index (χ1) is 14.4. The van der Waals surface area contributed by atoms with E-state index in [0.717, 1.165) is 53.8 Å². The van der Waals surface area contributed by atoms with E-state index >= 15 is 0 Å². The van der Waals surface area contributed by atoms with Gasteiger partial charge in [0.25, 0.3) is 0 Å². The third kappa shape index (κ3) is 3.66. The van der Waals surface area contributed by atoms with E-state index in [2.05, 4.69) is 22.0 Å². The van der Waals surface area contributed by atoms with Crippen LogP contribution in [0.2, 0.25) is 0 Å². The summed E-state index contributed by atoms with van der Waals surface area (Å²) in [6.45, 7) is 7.32. The van der Waals surface area contributed by atoms with Crippen molar-refractivity contribution >= 4 is 40.5 Å². The number of fused-ring (bicyclic) bond motifs is 2. The molecule has 31 heavy (non-hydrogen) atoms. The Morgan fingerprint density at radius 1 is 1.13 bits per heavy atom. The molecule has 1 aromatic heterocycles. The average Bonchev–Trinajstić information content (AvgIpc) is 3.24. The van der Waals surface area contributed by atoms with E-state index in [1.807, 2.05) is 43.1 Å². The third-order valence-electron chi connectivity index (χ3n) is 6.57. The van der Waals surface area contributed by atoms with Gasteiger partial charge in [0.1, 0.15) is 5.82 Å². The van der Waals surface area contributed by atoms with Gasteiger partial charge in [-0.2, -0.15) is 0 Å². The van der Waals surface area contributed by atoms with E-state index < -0.39 is 5.41 Å². The van der Waals surface area contributed by atoms with Crippen LogP contribution in [0.3, 0.4) is 0 Å². The molecule has 2 aliphatic heterocycles. The zero-order chi connectivity index (χ0) is 20.9. The van der Waals surface area contributed by atoms with E-state index in [-0.39, 0.29) is 24.1 Å². The molecule has 4 nitrogen and oxygen atoms in total. The molecule has 0 atom stereocenters. The van der Waals surface area contributed by atoms with E-state index in [1.165, 1.54) is 11.6 Å². The lowest BCUT2D eigenvalue weighted by molar-refractivity contribution is -0.122. The van der Waals surface area contributed by atoms with Gasteiger partial charge in [-0.3, -0.25) is 9.69 Å². The van der Waals surface area contributed by atoms with Crippen molar-refractivity contribution in [3.05, 3.63) is 71.7 Å². The number of aromatic amines is 1. The normalized spacial score (nSPS) is 18.1. The second-order valence-electron chi connectivity index (χ2n) is 8.77. The van der Waals surface area contributed by atoms with Crippen LogP contribution in [0.4, 0.5) is 10.1 Å². The van der Waals surface area contributed by atoms with Crippen LogP contribution in [-0.4, -0.2) is 42.0 Å². The fourth-order valence-electron chi connectivity index (χ4n) is 4.78. The molecular formula is C25H27ClFN3O. The minimum Gasteiger partial charge on any atom is -0.361 e. The van der Waals surface area contributed by atoms with Crippen molar-refractivity contribution in [2.24, 2.45) is 0 Å². The largest absolute Gasteiger partial charge is 0.361 e. The smallest absolute Gasteiger partial charge is 0.237 e. The average molecular weight is 440 g/mol. The predicted octanol–water partition coefficient (Wildman–Crippen LogP) is 5.14. The number of nitrogens with zero attached hydrogens (tertiary/aromatic N) is 2. The van der Waals surface area contributed by atoms with Crippen LogP contribution in [0.5, 0.6) is 0 Å². The summed E-state index contributed by atoms with van der Waals surface area (Å²) in [6.07, 6.45) is 5.13. The van der Waals surface area contributed by atoms with Gasteiger partial charge >= 0.3 is 0 Å². The van der Waals surface area contributed by atoms with E-state index in [1.54, 1.807) is 12.1 Å². The molecule has 0 radical (unpaired) electrons. The number of carbonyl (C=O) groups is 1. The van der Waals surface area contributed by atoms with Gasteiger partial charge in [0.05, 0.1) is 5.41 Å². The predicted molar refractivity (Wildman–Crippen MR) is 126 cm³/mol. The van der Waals surface area contributed by atoms with Crippen molar-refractivity contribution in [1.82, 2.24) is 9.88 Å². The quantitative estimate of drug-likeness (QED) is 0.611. The number of para-hydroxylation sites is 1. The lowest BCUT2D eigenvalue weighted by atomic mass is 9.86. The van der Waals surface area contributed by atoms with Gasteiger partial charge in [0, 0.05) is 54.5 Å². The number of benzene rings is 2. The number of nitrogens with one attached hydrogen (secondary N) is 1. The minimum absolute atomic E-state index is 0. The molecule has 6 heteroatoms. The fourth-order valence-corrected chi connectivity index (χ4v) is 4.78. The van der Waals surface area contributed by atoms with Crippen molar-refractivity contribution in [2.75, 3.05) is 31.1 Å². The van der Waals surface area contributed by atoms with Crippen LogP contribution in [0.15, 0.2) is 54.7 Å². The van der Waals surface area contributed by atoms with Crippen molar-refractivity contribution in [3.8, 4) is 0 Å². The minimum atomic E-state index is -0.462. The number of hydrogen-bond donors (Lipinski definition) is 1. The lowest BCUT2D eigenvalue weighted by Gasteiger charge is -2.29. The maximum absolute atomic E-state index is 13.7. The van der Waals surface area contributed by atoms with Gasteiger partial charge < -0.3 is 9.88 Å². The second kappa shape index (κ2) is 8.13. The number of hydrogen-bond acceptors (Lipinski definition) is 2. The first-order valence-electron chi connectivity index (χ1n) is 10.5. The number of amides is 1. The molecule has 0 fully saturated rings. The van der Waals surface area contributed by atoms with Crippen LogP contribution in [0.1, 0.15) is 31.4 Å². The standard InChI is InChI=1S/C25H26FN3O.ClH/c1-25(2)21-5-3-4-6-23(21)29(24(25)30)14-13-28-11-9-17(10-12-28)20-16-27-22-8-7-18(26)15-19(20)22;/h3-9,15-16,27H,10-14H2,1-2H3;1H. The number of anilines is 1. The fraction of sp³-hybridized carbons (Fsp3) is 0.320. The zero-order valence-electron chi connectivity index (χ0n) is 17.8. The SMILES string of the molecule is CC1(C)C(=O)N(CCN2CC=C(c3c[nH]c4ccc(F)cc34)CC2)c2ccccc21.Cl. The Hall–Kier alpha value is -2.63. The van der Waals surface area contributed by atoms with Gasteiger partial charge in [-0.05, 0) is 55.7 Å². The van der Waals surface area contributed by atoms with Crippen LogP contribution >= 0.6 is 12.4 Å². The topological polar surface area (TPSA) is 39.3 Å². The summed E-state index contributed by atoms with van der Waals surface area (Å²) in [5.41, 5.74) is 5.00. The Morgan fingerprint density at radius 2 is 1.94 bits per heavy atom. The number of rotatable bonds is 4. The summed E-state index contributed by atoms with van der Waals surface area (Å²) in [7, 11) is 0. The summed E-state index contributed by atoms with van der Waals surface area (Å²) in [5, 5.41) is 0.941. The van der Waals surface area contributed by atoms with E-state index in [0.29, 0.717) is 6.54 Å². The van der Waals surface area contributed by atoms with Crippen LogP contribution in [-0.2, 0) is 10.2 Å². The molecule has 3 heterocycles. The van der Waals surface area contributed by atoms with E-state index in [4.69, 9.17) is 0 Å². The Labute approximate surface area is 188 Å². The number of aromatic nitrogens is 1. The highest BCUT2D eigenvalue weighted by Gasteiger charge is 2.43. The highest BCUT2D eigenvalue weighted by Crippen LogP contribution is 2.41. The highest BCUT2D eigenvalue weighted by atomic mass is 35.5. The maximum Gasteiger partial charge on any atom is 0.237 e. The molecule has 0 unspecified atom stereocenters. The number of halogens is 2. The van der Waals surface area contributed by atoms with Crippen molar-refractivity contribution in [1.29, 1.82) is 0 Å². The van der Waals surface area contributed by atoms with Crippen LogP contribution < -0.4 is 4.90 Å².